The molecular weight excluding hydrogens is 248 g/mol. The van der Waals surface area contributed by atoms with Crippen LogP contribution in [0.4, 0.5) is 0 Å². The predicted octanol–water partition coefficient (Wildman–Crippen LogP) is 5.20. The van der Waals surface area contributed by atoms with Crippen LogP contribution in [0.1, 0.15) is 51.2 Å². The van der Waals surface area contributed by atoms with Gasteiger partial charge in [0.25, 0.3) is 0 Å². The summed E-state index contributed by atoms with van der Waals surface area (Å²) in [6.07, 6.45) is 5.05. The van der Waals surface area contributed by atoms with E-state index in [4.69, 9.17) is 4.74 Å². The van der Waals surface area contributed by atoms with Crippen LogP contribution in [0.2, 0.25) is 0 Å². The molecular formula is C18H24O2. The second kappa shape index (κ2) is 7.30. The van der Waals surface area contributed by atoms with E-state index in [2.05, 4.69) is 26.0 Å². The summed E-state index contributed by atoms with van der Waals surface area (Å²) in [7, 11) is 0. The van der Waals surface area contributed by atoms with Crippen LogP contribution in [0.5, 0.6) is 5.75 Å². The molecule has 2 heteroatoms. The van der Waals surface area contributed by atoms with Crippen LogP contribution < -0.4 is 0 Å². The lowest BCUT2D eigenvalue weighted by Crippen LogP contribution is -2.01. The highest BCUT2D eigenvalue weighted by atomic mass is 16.5. The molecule has 0 radical (unpaired) electrons. The minimum atomic E-state index is 0.120. The first-order chi connectivity index (χ1) is 9.70. The van der Waals surface area contributed by atoms with Gasteiger partial charge < -0.3 is 9.84 Å². The van der Waals surface area contributed by atoms with Crippen molar-refractivity contribution < 1.29 is 9.84 Å². The van der Waals surface area contributed by atoms with E-state index in [1.165, 1.54) is 24.8 Å². The third-order valence-electron chi connectivity index (χ3n) is 3.68. The first kappa shape index (κ1) is 14.9. The van der Waals surface area contributed by atoms with Crippen LogP contribution in [0.15, 0.2) is 36.4 Å². The molecule has 1 unspecified atom stereocenters. The van der Waals surface area contributed by atoms with Crippen molar-refractivity contribution in [1.29, 1.82) is 0 Å². The van der Waals surface area contributed by atoms with Gasteiger partial charge in [0.1, 0.15) is 5.75 Å². The topological polar surface area (TPSA) is 29.5 Å². The summed E-state index contributed by atoms with van der Waals surface area (Å²) in [5, 5.41) is 11.7. The van der Waals surface area contributed by atoms with Gasteiger partial charge in [-0.3, -0.25) is 0 Å². The van der Waals surface area contributed by atoms with Crippen LogP contribution in [-0.2, 0) is 4.74 Å². The van der Waals surface area contributed by atoms with Crippen molar-refractivity contribution in [3.63, 3.8) is 0 Å². The van der Waals surface area contributed by atoms with Gasteiger partial charge in [-0.15, -0.1) is 0 Å². The maximum Gasteiger partial charge on any atom is 0.116 e. The van der Waals surface area contributed by atoms with E-state index in [1.54, 1.807) is 12.1 Å². The molecule has 2 aromatic rings. The summed E-state index contributed by atoms with van der Waals surface area (Å²) in [5.74, 6) is 0.311. The predicted molar refractivity (Wildman–Crippen MR) is 84.1 cm³/mol. The quantitative estimate of drug-likeness (QED) is 0.702. The maximum atomic E-state index is 9.47. The Bertz CT molecular complexity index is 548. The van der Waals surface area contributed by atoms with Crippen LogP contribution >= 0.6 is 0 Å². The van der Waals surface area contributed by atoms with Crippen molar-refractivity contribution in [3.05, 3.63) is 42.0 Å². The fourth-order valence-electron chi connectivity index (χ4n) is 2.39. The van der Waals surface area contributed by atoms with E-state index < -0.39 is 0 Å². The number of aromatic hydroxyl groups is 1. The number of hydrogen-bond acceptors (Lipinski definition) is 2. The summed E-state index contributed by atoms with van der Waals surface area (Å²) in [6, 6.07) is 11.7. The second-order valence-electron chi connectivity index (χ2n) is 5.36. The molecule has 0 saturated heterocycles. The molecule has 0 spiro atoms. The highest BCUT2D eigenvalue weighted by molar-refractivity contribution is 5.84. The van der Waals surface area contributed by atoms with E-state index in [0.717, 1.165) is 23.8 Å². The zero-order valence-electron chi connectivity index (χ0n) is 12.4. The first-order valence-electron chi connectivity index (χ1n) is 7.55. The molecule has 20 heavy (non-hydrogen) atoms. The van der Waals surface area contributed by atoms with Gasteiger partial charge in [-0.25, -0.2) is 0 Å². The number of ether oxygens (including phenoxy) is 1. The van der Waals surface area contributed by atoms with Gasteiger partial charge >= 0.3 is 0 Å². The average molecular weight is 272 g/mol. The van der Waals surface area contributed by atoms with Crippen LogP contribution in [0.3, 0.4) is 0 Å². The van der Waals surface area contributed by atoms with Gasteiger partial charge in [0.05, 0.1) is 6.10 Å². The van der Waals surface area contributed by atoms with Crippen molar-refractivity contribution in [2.24, 2.45) is 0 Å². The van der Waals surface area contributed by atoms with Gasteiger partial charge in [-0.05, 0) is 47.9 Å². The lowest BCUT2D eigenvalue weighted by Gasteiger charge is -2.14. The number of rotatable bonds is 7. The Morgan fingerprint density at radius 1 is 1.00 bits per heavy atom. The van der Waals surface area contributed by atoms with Crippen LogP contribution in [0, 0.1) is 0 Å². The Labute approximate surface area is 121 Å². The lowest BCUT2D eigenvalue weighted by molar-refractivity contribution is 0.0629. The average Bonchev–Trinajstić information content (AvgIpc) is 2.46. The maximum absolute atomic E-state index is 9.47. The van der Waals surface area contributed by atoms with Gasteiger partial charge in [-0.1, -0.05) is 44.4 Å². The first-order valence-corrected chi connectivity index (χ1v) is 7.55. The Morgan fingerprint density at radius 3 is 2.55 bits per heavy atom. The summed E-state index contributed by atoms with van der Waals surface area (Å²) in [6.45, 7) is 5.15. The third kappa shape index (κ3) is 3.97. The van der Waals surface area contributed by atoms with Crippen molar-refractivity contribution in [2.75, 3.05) is 6.61 Å². The molecule has 0 aliphatic heterocycles. The number of hydrogen-bond donors (Lipinski definition) is 1. The highest BCUT2D eigenvalue weighted by Crippen LogP contribution is 2.25. The van der Waals surface area contributed by atoms with Gasteiger partial charge in [0.15, 0.2) is 0 Å². The lowest BCUT2D eigenvalue weighted by atomic mass is 10.0. The zero-order chi connectivity index (χ0) is 14.4. The van der Waals surface area contributed by atoms with Gasteiger partial charge in [-0.2, -0.15) is 0 Å². The van der Waals surface area contributed by atoms with E-state index in [0.29, 0.717) is 5.75 Å². The zero-order valence-corrected chi connectivity index (χ0v) is 12.4. The van der Waals surface area contributed by atoms with Crippen molar-refractivity contribution in [1.82, 2.24) is 0 Å². The number of phenols is 1. The number of fused-ring (bicyclic) bond motifs is 1. The van der Waals surface area contributed by atoms with Gasteiger partial charge in [0.2, 0.25) is 0 Å². The summed E-state index contributed by atoms with van der Waals surface area (Å²) >= 11 is 0. The minimum absolute atomic E-state index is 0.120. The van der Waals surface area contributed by atoms with Crippen molar-refractivity contribution in [2.45, 2.75) is 45.6 Å². The largest absolute Gasteiger partial charge is 0.508 e. The molecule has 2 aromatic carbocycles. The molecule has 2 rings (SSSR count). The number of unbranched alkanes of at least 4 members (excludes halogenated alkanes) is 3. The van der Waals surface area contributed by atoms with Gasteiger partial charge in [0, 0.05) is 6.61 Å². The normalized spacial score (nSPS) is 12.7. The van der Waals surface area contributed by atoms with Crippen LogP contribution in [-0.4, -0.2) is 11.7 Å². The number of benzene rings is 2. The fraction of sp³-hybridized carbons (Fsp3) is 0.444. The SMILES string of the molecule is CCCCCCOC(C)c1ccc2cc(O)ccc2c1. The fourth-order valence-corrected chi connectivity index (χ4v) is 2.39. The molecule has 108 valence electrons. The van der Waals surface area contributed by atoms with Crippen LogP contribution in [0.25, 0.3) is 10.8 Å². The van der Waals surface area contributed by atoms with Crippen molar-refractivity contribution >= 4 is 10.8 Å². The Hall–Kier alpha value is -1.54. The van der Waals surface area contributed by atoms with E-state index >= 15 is 0 Å². The Kier molecular flexibility index (Phi) is 5.42. The highest BCUT2D eigenvalue weighted by Gasteiger charge is 2.06. The van der Waals surface area contributed by atoms with E-state index in [1.807, 2.05) is 12.1 Å². The molecule has 1 N–H and O–H groups in total. The minimum Gasteiger partial charge on any atom is -0.508 e. The molecule has 0 fully saturated rings. The van der Waals surface area contributed by atoms with Crippen molar-refractivity contribution in [3.8, 4) is 5.75 Å². The van der Waals surface area contributed by atoms with E-state index in [9.17, 15) is 5.11 Å². The molecule has 2 nitrogen and oxygen atoms in total. The Balaban J connectivity index is 1.96. The number of phenolic OH excluding ortho intramolecular Hbond substituents is 1. The molecule has 0 saturated carbocycles. The molecule has 0 bridgehead atoms. The molecule has 1 atom stereocenters. The standard InChI is InChI=1S/C18H24O2/c1-3-4-5-6-11-20-14(2)15-7-8-17-13-18(19)10-9-16(17)12-15/h7-10,12-14,19H,3-6,11H2,1-2H3. The second-order valence-corrected chi connectivity index (χ2v) is 5.36. The molecule has 0 aromatic heterocycles. The summed E-state index contributed by atoms with van der Waals surface area (Å²) in [4.78, 5) is 0. The molecule has 0 aliphatic rings. The monoisotopic (exact) mass is 272 g/mol. The van der Waals surface area contributed by atoms with E-state index in [-0.39, 0.29) is 6.10 Å². The molecule has 0 heterocycles. The summed E-state index contributed by atoms with van der Waals surface area (Å²) < 4.78 is 5.90. The summed E-state index contributed by atoms with van der Waals surface area (Å²) in [5.41, 5.74) is 1.19. The third-order valence-corrected chi connectivity index (χ3v) is 3.68. The molecule has 0 aliphatic carbocycles. The smallest absolute Gasteiger partial charge is 0.116 e. The Morgan fingerprint density at radius 2 is 1.75 bits per heavy atom. The molecule has 0 amide bonds.